The lowest BCUT2D eigenvalue weighted by molar-refractivity contribution is -0.141. The molecular formula is C20H20ClNO4. The van der Waals surface area contributed by atoms with E-state index in [4.69, 9.17) is 5.11 Å². The van der Waals surface area contributed by atoms with Gasteiger partial charge in [-0.15, -0.1) is 12.4 Å². The van der Waals surface area contributed by atoms with Gasteiger partial charge in [-0.2, -0.15) is 0 Å². The Morgan fingerprint density at radius 3 is 2.19 bits per heavy atom. The van der Waals surface area contributed by atoms with Crippen LogP contribution in [0, 0.1) is 12.8 Å². The molecule has 1 fully saturated rings. The zero-order valence-corrected chi connectivity index (χ0v) is 15.2. The van der Waals surface area contributed by atoms with E-state index in [1.807, 2.05) is 19.1 Å². The maximum Gasteiger partial charge on any atom is 0.308 e. The second-order valence-corrected chi connectivity index (χ2v) is 6.32. The van der Waals surface area contributed by atoms with E-state index in [2.05, 4.69) is 0 Å². The molecule has 0 aromatic heterocycles. The highest BCUT2D eigenvalue weighted by Crippen LogP contribution is 2.22. The van der Waals surface area contributed by atoms with Crippen LogP contribution < -0.4 is 0 Å². The highest BCUT2D eigenvalue weighted by atomic mass is 35.5. The van der Waals surface area contributed by atoms with Crippen molar-refractivity contribution in [2.24, 2.45) is 5.92 Å². The van der Waals surface area contributed by atoms with Crippen molar-refractivity contribution >= 4 is 30.1 Å². The monoisotopic (exact) mass is 373 g/mol. The van der Waals surface area contributed by atoms with Crippen LogP contribution in [0.25, 0.3) is 0 Å². The molecule has 0 saturated carbocycles. The molecule has 26 heavy (non-hydrogen) atoms. The van der Waals surface area contributed by atoms with Crippen molar-refractivity contribution in [3.05, 3.63) is 70.8 Å². The summed E-state index contributed by atoms with van der Waals surface area (Å²) in [4.78, 5) is 38.2. The van der Waals surface area contributed by atoms with Crippen LogP contribution in [-0.4, -0.2) is 40.8 Å². The first-order valence-electron chi connectivity index (χ1n) is 8.20. The summed E-state index contributed by atoms with van der Waals surface area (Å²) in [6, 6.07) is 13.9. The van der Waals surface area contributed by atoms with E-state index in [1.54, 1.807) is 36.4 Å². The quantitative estimate of drug-likeness (QED) is 0.835. The van der Waals surface area contributed by atoms with Crippen molar-refractivity contribution in [1.29, 1.82) is 0 Å². The molecule has 0 aliphatic carbocycles. The molecule has 1 amide bonds. The van der Waals surface area contributed by atoms with Gasteiger partial charge in [0.25, 0.3) is 5.91 Å². The number of halogens is 1. The van der Waals surface area contributed by atoms with Gasteiger partial charge in [-0.3, -0.25) is 14.4 Å². The van der Waals surface area contributed by atoms with Gasteiger partial charge in [0.15, 0.2) is 5.78 Å². The number of nitrogens with zero attached hydrogens (tertiary/aromatic N) is 1. The summed E-state index contributed by atoms with van der Waals surface area (Å²) >= 11 is 0. The van der Waals surface area contributed by atoms with Crippen LogP contribution >= 0.6 is 12.4 Å². The number of aryl methyl sites for hydroxylation is 1. The van der Waals surface area contributed by atoms with Gasteiger partial charge in [0.1, 0.15) is 0 Å². The minimum absolute atomic E-state index is 0. The van der Waals surface area contributed by atoms with E-state index in [0.29, 0.717) is 29.7 Å². The molecule has 1 heterocycles. The molecule has 2 aromatic carbocycles. The number of aliphatic carboxylic acids is 1. The summed E-state index contributed by atoms with van der Waals surface area (Å²) in [7, 11) is 0. The molecule has 0 radical (unpaired) electrons. The van der Waals surface area contributed by atoms with Crippen molar-refractivity contribution in [2.75, 3.05) is 13.1 Å². The highest BCUT2D eigenvalue weighted by molar-refractivity contribution is 6.15. The second kappa shape index (κ2) is 8.15. The number of hydrogen-bond donors (Lipinski definition) is 1. The number of likely N-dealkylation sites (tertiary alicyclic amines) is 1. The number of carboxylic acids is 1. The maximum atomic E-state index is 12.8. The number of carbonyl (C=O) groups is 3. The summed E-state index contributed by atoms with van der Waals surface area (Å²) < 4.78 is 0. The number of hydrogen-bond acceptors (Lipinski definition) is 3. The maximum absolute atomic E-state index is 12.8. The van der Waals surface area contributed by atoms with Crippen LogP contribution in [0.4, 0.5) is 0 Å². The standard InChI is InChI=1S/C20H19NO4.ClH/c1-13-6-8-14(9-7-13)18(22)16-4-2-3-5-17(16)19(23)21-11-10-15(12-21)20(24)25;/h2-9,15H,10-12H2,1H3,(H,24,25);1H. The fourth-order valence-electron chi connectivity index (χ4n) is 3.04. The molecule has 1 N–H and O–H groups in total. The van der Waals surface area contributed by atoms with Gasteiger partial charge in [0.2, 0.25) is 0 Å². The Labute approximate surface area is 158 Å². The van der Waals surface area contributed by atoms with Crippen LogP contribution in [0.15, 0.2) is 48.5 Å². The van der Waals surface area contributed by atoms with Crippen molar-refractivity contribution in [3.8, 4) is 0 Å². The van der Waals surface area contributed by atoms with E-state index in [-0.39, 0.29) is 30.6 Å². The number of amides is 1. The lowest BCUT2D eigenvalue weighted by atomic mass is 9.97. The Hall–Kier alpha value is -2.66. The fraction of sp³-hybridized carbons (Fsp3) is 0.250. The molecule has 3 rings (SSSR count). The Balaban J connectivity index is 0.00000243. The molecule has 0 spiro atoms. The molecule has 1 unspecified atom stereocenters. The Kier molecular flexibility index (Phi) is 6.16. The van der Waals surface area contributed by atoms with E-state index in [9.17, 15) is 14.4 Å². The lowest BCUT2D eigenvalue weighted by Crippen LogP contribution is -2.31. The smallest absolute Gasteiger partial charge is 0.308 e. The van der Waals surface area contributed by atoms with Crippen LogP contribution in [0.5, 0.6) is 0 Å². The zero-order chi connectivity index (χ0) is 18.0. The van der Waals surface area contributed by atoms with Crippen LogP contribution in [0.2, 0.25) is 0 Å². The summed E-state index contributed by atoms with van der Waals surface area (Å²) in [6.07, 6.45) is 0.440. The number of ketones is 1. The molecule has 5 nitrogen and oxygen atoms in total. The van der Waals surface area contributed by atoms with E-state index in [0.717, 1.165) is 5.56 Å². The van der Waals surface area contributed by atoms with Gasteiger partial charge in [0.05, 0.1) is 11.5 Å². The topological polar surface area (TPSA) is 74.7 Å². The number of rotatable bonds is 4. The molecule has 1 saturated heterocycles. The third-order valence-electron chi connectivity index (χ3n) is 4.54. The first kappa shape index (κ1) is 19.7. The van der Waals surface area contributed by atoms with Crippen molar-refractivity contribution in [1.82, 2.24) is 4.90 Å². The van der Waals surface area contributed by atoms with E-state index in [1.165, 1.54) is 4.90 Å². The van der Waals surface area contributed by atoms with Crippen molar-refractivity contribution < 1.29 is 19.5 Å². The first-order valence-corrected chi connectivity index (χ1v) is 8.20. The van der Waals surface area contributed by atoms with Crippen LogP contribution in [0.3, 0.4) is 0 Å². The fourth-order valence-corrected chi connectivity index (χ4v) is 3.04. The number of carbonyl (C=O) groups excluding carboxylic acids is 2. The highest BCUT2D eigenvalue weighted by Gasteiger charge is 2.32. The van der Waals surface area contributed by atoms with Crippen LogP contribution in [-0.2, 0) is 4.79 Å². The van der Waals surface area contributed by atoms with Crippen molar-refractivity contribution in [2.45, 2.75) is 13.3 Å². The summed E-state index contributed by atoms with van der Waals surface area (Å²) in [5.74, 6) is -1.93. The molecule has 0 bridgehead atoms. The average molecular weight is 374 g/mol. The molecular weight excluding hydrogens is 354 g/mol. The molecule has 1 aliphatic rings. The normalized spacial score (nSPS) is 16.0. The minimum atomic E-state index is -0.890. The Morgan fingerprint density at radius 1 is 1.00 bits per heavy atom. The third-order valence-corrected chi connectivity index (χ3v) is 4.54. The Bertz CT molecular complexity index is 832. The predicted molar refractivity (Wildman–Crippen MR) is 99.9 cm³/mol. The van der Waals surface area contributed by atoms with E-state index < -0.39 is 11.9 Å². The van der Waals surface area contributed by atoms with Gasteiger partial charge < -0.3 is 10.0 Å². The van der Waals surface area contributed by atoms with Gasteiger partial charge in [0, 0.05) is 24.2 Å². The van der Waals surface area contributed by atoms with Gasteiger partial charge >= 0.3 is 5.97 Å². The summed E-state index contributed by atoms with van der Waals surface area (Å²) in [6.45, 7) is 2.52. The lowest BCUT2D eigenvalue weighted by Gasteiger charge is -2.17. The molecule has 1 atom stereocenters. The molecule has 6 heteroatoms. The van der Waals surface area contributed by atoms with Crippen LogP contribution in [0.1, 0.15) is 38.3 Å². The molecule has 1 aliphatic heterocycles. The van der Waals surface area contributed by atoms with Gasteiger partial charge in [-0.05, 0) is 19.4 Å². The first-order chi connectivity index (χ1) is 12.0. The predicted octanol–water partition coefficient (Wildman–Crippen LogP) is 3.19. The SMILES string of the molecule is Cc1ccc(C(=O)c2ccccc2C(=O)N2CCC(C(=O)O)C2)cc1.Cl. The minimum Gasteiger partial charge on any atom is -0.481 e. The molecule has 136 valence electrons. The van der Waals surface area contributed by atoms with Gasteiger partial charge in [-0.1, -0.05) is 48.0 Å². The van der Waals surface area contributed by atoms with E-state index >= 15 is 0 Å². The second-order valence-electron chi connectivity index (χ2n) is 6.32. The number of benzene rings is 2. The molecule has 2 aromatic rings. The average Bonchev–Trinajstić information content (AvgIpc) is 3.11. The van der Waals surface area contributed by atoms with Crippen molar-refractivity contribution in [3.63, 3.8) is 0 Å². The number of carboxylic acid groups (broad SMARTS) is 1. The third kappa shape index (κ3) is 3.94. The van der Waals surface area contributed by atoms with Gasteiger partial charge in [-0.25, -0.2) is 0 Å². The zero-order valence-electron chi connectivity index (χ0n) is 14.3. The summed E-state index contributed by atoms with van der Waals surface area (Å²) in [5, 5.41) is 9.11. The summed E-state index contributed by atoms with van der Waals surface area (Å²) in [5.41, 5.74) is 2.24. The largest absolute Gasteiger partial charge is 0.481 e. The Morgan fingerprint density at radius 2 is 1.62 bits per heavy atom.